The number of aryl methyl sites for hydroxylation is 4. The standard InChI is InChI=1S/C22H32N6O2S.C20H29ClN4O3SSi.C8H18N2.2ClH/c1-27(2)17-8-5-12-28(13-11-17)31(29,30)22-24-21(25-26-22)23-20-18-9-3-6-15(18)14-16-7-4-10-19(16)20;1-30(2,3)11-10-28-13-25-19(23-20(24-25)29(21,26)27)22-18-16-8-4-6-14(16)12-15-7-5-9-17(15)18;1-10(2)8-4-3-6-9-7-5-8;;/h14,17H,3-13H2,1-2H3,(H2,23,24,25,26);12H,4-11,13H2,1-3H3,(H,22,23,24);8-9H,3-7H2,1-2H3;2*1H. The lowest BCUT2D eigenvalue weighted by molar-refractivity contribution is 0.0792. The molecule has 0 radical (unpaired) electrons. The van der Waals surface area contributed by atoms with Crippen LogP contribution in [0.4, 0.5) is 23.3 Å². The summed E-state index contributed by atoms with van der Waals surface area (Å²) in [7, 11) is 5.05. The largest absolute Gasteiger partial charge is 0.359 e. The first-order chi connectivity index (χ1) is 33.9. The van der Waals surface area contributed by atoms with Gasteiger partial charge in [-0.25, -0.2) is 26.6 Å². The van der Waals surface area contributed by atoms with Crippen LogP contribution < -0.4 is 16.0 Å². The molecule has 17 nitrogen and oxygen atoms in total. The van der Waals surface area contributed by atoms with Crippen molar-refractivity contribution in [3.05, 3.63) is 56.6 Å². The van der Waals surface area contributed by atoms with Gasteiger partial charge in [0.1, 0.15) is 6.73 Å². The van der Waals surface area contributed by atoms with E-state index in [1.165, 1.54) is 94.4 Å². The van der Waals surface area contributed by atoms with Crippen LogP contribution in [0.5, 0.6) is 0 Å². The smallest absolute Gasteiger partial charge is 0.298 e. The van der Waals surface area contributed by atoms with Crippen LogP contribution in [0.25, 0.3) is 0 Å². The summed E-state index contributed by atoms with van der Waals surface area (Å²) in [5, 5.41) is 20.8. The zero-order valence-electron chi connectivity index (χ0n) is 44.1. The van der Waals surface area contributed by atoms with Crippen LogP contribution in [0.15, 0.2) is 22.4 Å². The second kappa shape index (κ2) is 26.0. The van der Waals surface area contributed by atoms with Crippen molar-refractivity contribution < 1.29 is 21.6 Å². The fourth-order valence-electron chi connectivity index (χ4n) is 11.2. The average Bonchev–Trinajstić information content (AvgIpc) is 4.18. The summed E-state index contributed by atoms with van der Waals surface area (Å²) in [6.07, 6.45) is 19.9. The van der Waals surface area contributed by atoms with Gasteiger partial charge in [0.15, 0.2) is 0 Å². The van der Waals surface area contributed by atoms with Crippen molar-refractivity contribution in [2.45, 2.75) is 170 Å². The normalized spacial score (nSPS) is 19.8. The Labute approximate surface area is 452 Å². The Hall–Kier alpha value is -2.89. The lowest BCUT2D eigenvalue weighted by Crippen LogP contribution is -2.34. The van der Waals surface area contributed by atoms with E-state index in [0.717, 1.165) is 107 Å². The summed E-state index contributed by atoms with van der Waals surface area (Å²) in [4.78, 5) is 13.1. The number of ether oxygens (including phenoxy) is 1. The number of nitrogens with zero attached hydrogens (tertiary/aromatic N) is 8. The Bertz CT molecular complexity index is 2640. The van der Waals surface area contributed by atoms with E-state index in [9.17, 15) is 16.8 Å². The van der Waals surface area contributed by atoms with Gasteiger partial charge in [0.2, 0.25) is 11.9 Å². The van der Waals surface area contributed by atoms with Gasteiger partial charge >= 0.3 is 0 Å². The van der Waals surface area contributed by atoms with Crippen LogP contribution in [0.3, 0.4) is 0 Å². The number of anilines is 4. The number of H-pyrrole nitrogens is 1. The Balaban J connectivity index is 0.000000196. The van der Waals surface area contributed by atoms with Crippen LogP contribution in [-0.2, 0) is 81.9 Å². The average molecular weight is 1130 g/mol. The summed E-state index contributed by atoms with van der Waals surface area (Å²) in [5.74, 6) is 0.700. The molecule has 0 spiro atoms. The highest BCUT2D eigenvalue weighted by Gasteiger charge is 2.33. The van der Waals surface area contributed by atoms with Gasteiger partial charge in [0.05, 0.1) is 0 Å². The van der Waals surface area contributed by atoms with E-state index >= 15 is 0 Å². The molecule has 0 amide bonds. The van der Waals surface area contributed by atoms with Gasteiger partial charge in [-0.15, -0.1) is 35.0 Å². The fourth-order valence-corrected chi connectivity index (χ4v) is 13.8. The predicted octanol–water partition coefficient (Wildman–Crippen LogP) is 8.40. The zero-order valence-corrected chi connectivity index (χ0v) is 49.1. The lowest BCUT2D eigenvalue weighted by atomic mass is 9.99. The van der Waals surface area contributed by atoms with Crippen LogP contribution in [-0.4, -0.2) is 142 Å². The summed E-state index contributed by atoms with van der Waals surface area (Å²) in [5.41, 5.74) is 13.2. The van der Waals surface area contributed by atoms with Gasteiger partial charge in [-0.05, 0) is 207 Å². The molecule has 0 bridgehead atoms. The number of aromatic amines is 1. The van der Waals surface area contributed by atoms with Gasteiger partial charge in [0, 0.05) is 61.9 Å². The first-order valence-electron chi connectivity index (χ1n) is 26.2. The van der Waals surface area contributed by atoms with Crippen LogP contribution >= 0.6 is 35.5 Å². The maximum atomic E-state index is 13.2. The molecule has 6 aliphatic rings. The number of hydrogen-bond donors (Lipinski definition) is 4. The first-order valence-corrected chi connectivity index (χ1v) is 33.6. The third-order valence-corrected chi connectivity index (χ3v) is 19.7. The maximum Gasteiger partial charge on any atom is 0.298 e. The van der Waals surface area contributed by atoms with E-state index in [1.807, 2.05) is 0 Å². The molecular weight excluding hydrogens is 1050 g/mol. The van der Waals surface area contributed by atoms with Gasteiger partial charge in [-0.1, -0.05) is 31.8 Å². The second-order valence-electron chi connectivity index (χ2n) is 21.9. The molecular formula is C50H81Cl3N12O5S2Si. The van der Waals surface area contributed by atoms with Crippen molar-refractivity contribution in [1.82, 2.24) is 49.4 Å². The third-order valence-electron chi connectivity index (χ3n) is 15.2. The molecule has 2 saturated heterocycles. The highest BCUT2D eigenvalue weighted by atomic mass is 35.7. The molecule has 2 aromatic heterocycles. The fraction of sp³-hybridized carbons (Fsp3) is 0.680. The lowest BCUT2D eigenvalue weighted by Gasteiger charge is -2.22. The highest BCUT2D eigenvalue weighted by Crippen LogP contribution is 2.41. The summed E-state index contributed by atoms with van der Waals surface area (Å²) in [6, 6.07) is 6.98. The van der Waals surface area contributed by atoms with Crippen molar-refractivity contribution in [2.24, 2.45) is 0 Å². The predicted molar refractivity (Wildman–Crippen MR) is 300 cm³/mol. The number of benzene rings is 2. The minimum Gasteiger partial charge on any atom is -0.359 e. The Morgan fingerprint density at radius 3 is 1.77 bits per heavy atom. The summed E-state index contributed by atoms with van der Waals surface area (Å²) in [6.45, 7) is 11.0. The van der Waals surface area contributed by atoms with E-state index < -0.39 is 32.3 Å². The molecule has 2 unspecified atom stereocenters. The van der Waals surface area contributed by atoms with E-state index in [2.05, 4.69) is 111 Å². The summed E-state index contributed by atoms with van der Waals surface area (Å²) >= 11 is 0. The van der Waals surface area contributed by atoms with E-state index in [0.29, 0.717) is 37.6 Å². The quantitative estimate of drug-likeness (QED) is 0.0534. The number of sulfonamides is 1. The van der Waals surface area contributed by atoms with Gasteiger partial charge in [-0.2, -0.15) is 14.3 Å². The van der Waals surface area contributed by atoms with Crippen molar-refractivity contribution in [1.29, 1.82) is 0 Å². The van der Waals surface area contributed by atoms with E-state index in [-0.39, 0.29) is 36.7 Å². The van der Waals surface area contributed by atoms with Crippen molar-refractivity contribution in [2.75, 3.05) is 71.6 Å². The van der Waals surface area contributed by atoms with Crippen LogP contribution in [0, 0.1) is 0 Å². The maximum absolute atomic E-state index is 13.2. The van der Waals surface area contributed by atoms with Crippen molar-refractivity contribution in [3.63, 3.8) is 0 Å². The molecule has 2 aliphatic heterocycles. The number of halogens is 3. The molecule has 4 heterocycles. The highest BCUT2D eigenvalue weighted by molar-refractivity contribution is 8.13. The van der Waals surface area contributed by atoms with Crippen LogP contribution in [0.2, 0.25) is 25.7 Å². The minimum absolute atomic E-state index is 0. The van der Waals surface area contributed by atoms with Gasteiger partial charge in [0.25, 0.3) is 29.4 Å². The number of fused-ring (bicyclic) bond motifs is 4. The number of rotatable bonds is 14. The Morgan fingerprint density at radius 1 is 0.699 bits per heavy atom. The molecule has 4 aromatic rings. The van der Waals surface area contributed by atoms with Gasteiger partial charge in [-0.3, -0.25) is 0 Å². The molecule has 4 N–H and O–H groups in total. The molecule has 0 saturated carbocycles. The second-order valence-corrected chi connectivity index (χ2v) is 31.9. The third kappa shape index (κ3) is 15.0. The monoisotopic (exact) mass is 1130 g/mol. The topological polar surface area (TPSA) is 196 Å². The Kier molecular flexibility index (Phi) is 21.1. The SMILES string of the molecule is CN(C)C1CCCN(S(=O)(=O)c2nc(Nc3c4c(cc5c3CCC5)CCC4)n[nH]2)CC1.CN(C)C1CCCNCC1.C[Si](C)(C)CCOCn1nc(S(=O)(=O)Cl)nc1Nc1c2c(cc3c1CCC3)CCC2.Cl.Cl. The number of nitrogens with one attached hydrogen (secondary N) is 4. The van der Waals surface area contributed by atoms with Crippen molar-refractivity contribution >= 4 is 85.9 Å². The Morgan fingerprint density at radius 2 is 1.23 bits per heavy atom. The molecule has 2 aromatic carbocycles. The molecule has 23 heteroatoms. The molecule has 2 fully saturated rings. The van der Waals surface area contributed by atoms with Gasteiger partial charge < -0.3 is 30.5 Å². The molecule has 10 rings (SSSR count). The molecule has 2 atom stereocenters. The number of aromatic nitrogens is 6. The molecule has 4 aliphatic carbocycles. The zero-order chi connectivity index (χ0) is 50.5. The first kappa shape index (κ1) is 59.4. The van der Waals surface area contributed by atoms with Crippen molar-refractivity contribution in [3.8, 4) is 0 Å². The van der Waals surface area contributed by atoms with Crippen LogP contribution in [0.1, 0.15) is 109 Å². The van der Waals surface area contributed by atoms with E-state index in [4.69, 9.17) is 15.4 Å². The minimum atomic E-state index is -4.03. The van der Waals surface area contributed by atoms with E-state index in [1.54, 1.807) is 4.31 Å². The number of hydrogen-bond acceptors (Lipinski definition) is 14. The molecule has 73 heavy (non-hydrogen) atoms. The molecule has 408 valence electrons. The summed E-state index contributed by atoms with van der Waals surface area (Å²) < 4.78 is 58.9.